The smallest absolute Gasteiger partial charge is 0.425 e. The fourth-order valence-corrected chi connectivity index (χ4v) is 3.91. The van der Waals surface area contributed by atoms with Crippen molar-refractivity contribution in [1.82, 2.24) is 0 Å². The molecule has 0 aromatic heterocycles. The third-order valence-electron chi connectivity index (χ3n) is 4.22. The zero-order chi connectivity index (χ0) is 15.7. The molecule has 0 saturated heterocycles. The Balaban J connectivity index is 0.00000242. The molecule has 3 heteroatoms. The minimum atomic E-state index is 0. The summed E-state index contributed by atoms with van der Waals surface area (Å²) < 4.78 is 0. The Morgan fingerprint density at radius 3 is 1.91 bits per heavy atom. The number of carbonyl (C=O) groups is 1. The van der Waals surface area contributed by atoms with Gasteiger partial charge in [0.25, 0.3) is 0 Å². The van der Waals surface area contributed by atoms with Crippen LogP contribution in [0.5, 0.6) is 0 Å². The Kier molecular flexibility index (Phi) is 6.63. The minimum Gasteiger partial charge on any atom is -0.425 e. The van der Waals surface area contributed by atoms with Crippen molar-refractivity contribution in [2.24, 2.45) is 0 Å². The maximum Gasteiger partial charge on any atom is 1.00 e. The molecule has 1 nitrogen and oxygen atoms in total. The van der Waals surface area contributed by atoms with Crippen LogP contribution in [0.1, 0.15) is 43.7 Å². The van der Waals surface area contributed by atoms with E-state index < -0.39 is 0 Å². The molecule has 0 aliphatic heterocycles. The van der Waals surface area contributed by atoms with Gasteiger partial charge in [-0.15, -0.1) is 0 Å². The Morgan fingerprint density at radius 2 is 1.36 bits per heavy atom. The first-order valence-electron chi connectivity index (χ1n) is 7.22. The molecule has 0 radical (unpaired) electrons. The number of aryl methyl sites for hydroxylation is 4. The number of carbonyl (C=O) groups excluding carboxylic acids is 1. The number of rotatable bonds is 3. The zero-order valence-electron chi connectivity index (χ0n) is 14.7. The molecule has 0 N–H and O–H groups in total. The molecule has 0 aliphatic rings. The van der Waals surface area contributed by atoms with E-state index in [1.807, 2.05) is 13.0 Å². The summed E-state index contributed by atoms with van der Waals surface area (Å²) >= 11 is 0. The van der Waals surface area contributed by atoms with Gasteiger partial charge in [0.2, 0.25) is 0 Å². The number of hydrogen-bond acceptors (Lipinski definition) is 1. The number of hydrogen-bond donors (Lipinski definition) is 0. The van der Waals surface area contributed by atoms with E-state index in [1.54, 1.807) is 0 Å². The maximum atomic E-state index is 12.8. The molecular formula is C19H22LiOP. The van der Waals surface area contributed by atoms with Gasteiger partial charge in [0.05, 0.1) is 0 Å². The summed E-state index contributed by atoms with van der Waals surface area (Å²) in [5.41, 5.74) is 8.14. The Labute approximate surface area is 147 Å². The second-order valence-electron chi connectivity index (χ2n) is 5.79. The molecule has 0 spiro atoms. The third-order valence-corrected chi connectivity index (χ3v) is 5.58. The monoisotopic (exact) mass is 304 g/mol. The molecule has 0 unspecified atom stereocenters. The standard InChI is InChI=1S/C19H22OP.Li/c1-11-8-7-9-12(2)18(11)21-19(20)17-14(4)10-13(3)15(5)16(17)6;/h7-10H,1-6H3;/q-1;+1. The summed E-state index contributed by atoms with van der Waals surface area (Å²) in [5, 5.41) is 1.14. The van der Waals surface area contributed by atoms with Gasteiger partial charge in [0.1, 0.15) is 0 Å². The second kappa shape index (κ2) is 7.61. The summed E-state index contributed by atoms with van der Waals surface area (Å²) in [5.74, 6) is 0. The van der Waals surface area contributed by atoms with Gasteiger partial charge in [-0.3, -0.25) is 0 Å². The van der Waals surface area contributed by atoms with Crippen LogP contribution < -0.4 is 24.2 Å². The molecule has 2 aromatic carbocycles. The van der Waals surface area contributed by atoms with E-state index in [-0.39, 0.29) is 24.4 Å². The van der Waals surface area contributed by atoms with Crippen LogP contribution in [0, 0.1) is 41.5 Å². The van der Waals surface area contributed by atoms with Crippen molar-refractivity contribution in [2.75, 3.05) is 0 Å². The van der Waals surface area contributed by atoms with Crippen molar-refractivity contribution >= 4 is 19.4 Å². The van der Waals surface area contributed by atoms with E-state index >= 15 is 0 Å². The predicted octanol–water partition coefficient (Wildman–Crippen LogP) is 1.95. The molecule has 2 rings (SSSR count). The number of benzene rings is 2. The molecular weight excluding hydrogens is 282 g/mol. The second-order valence-corrected chi connectivity index (χ2v) is 6.87. The van der Waals surface area contributed by atoms with Crippen LogP contribution in [0.2, 0.25) is 0 Å². The Morgan fingerprint density at radius 1 is 0.818 bits per heavy atom. The Hall–Kier alpha value is -0.863. The van der Waals surface area contributed by atoms with Crippen molar-refractivity contribution in [3.8, 4) is 0 Å². The van der Waals surface area contributed by atoms with Crippen LogP contribution in [-0.2, 0) is 0 Å². The van der Waals surface area contributed by atoms with Crippen LogP contribution in [-0.4, -0.2) is 5.52 Å². The third kappa shape index (κ3) is 3.72. The van der Waals surface area contributed by atoms with E-state index in [0.717, 1.165) is 30.6 Å². The molecule has 0 amide bonds. The average Bonchev–Trinajstić information content (AvgIpc) is 2.40. The van der Waals surface area contributed by atoms with Crippen LogP contribution in [0.3, 0.4) is 0 Å². The largest absolute Gasteiger partial charge is 1.00 e. The molecule has 0 fully saturated rings. The van der Waals surface area contributed by atoms with E-state index in [4.69, 9.17) is 0 Å². The molecule has 0 saturated carbocycles. The van der Waals surface area contributed by atoms with E-state index in [1.165, 1.54) is 22.3 Å². The molecule has 22 heavy (non-hydrogen) atoms. The van der Waals surface area contributed by atoms with Gasteiger partial charge >= 0.3 is 18.9 Å². The van der Waals surface area contributed by atoms with Crippen LogP contribution in [0.25, 0.3) is 0 Å². The normalized spacial score (nSPS) is 10.8. The summed E-state index contributed by atoms with van der Waals surface area (Å²) in [6.07, 6.45) is 0. The van der Waals surface area contributed by atoms with Crippen molar-refractivity contribution in [2.45, 2.75) is 41.5 Å². The van der Waals surface area contributed by atoms with Crippen molar-refractivity contribution in [3.05, 3.63) is 63.2 Å². The van der Waals surface area contributed by atoms with Gasteiger partial charge in [-0.1, -0.05) is 35.4 Å². The minimum absolute atomic E-state index is 0. The van der Waals surface area contributed by atoms with E-state index in [9.17, 15) is 4.79 Å². The molecule has 0 atom stereocenters. The van der Waals surface area contributed by atoms with E-state index in [0.29, 0.717) is 0 Å². The Bertz CT molecular complexity index is 700. The first-order chi connectivity index (χ1) is 9.82. The summed E-state index contributed by atoms with van der Waals surface area (Å²) in [6, 6.07) is 8.31. The molecule has 110 valence electrons. The summed E-state index contributed by atoms with van der Waals surface area (Å²) in [4.78, 5) is 12.8. The van der Waals surface area contributed by atoms with Gasteiger partial charge in [-0.05, 0) is 69.4 Å². The predicted molar refractivity (Wildman–Crippen MR) is 92.2 cm³/mol. The summed E-state index contributed by atoms with van der Waals surface area (Å²) in [6.45, 7) is 12.4. The van der Waals surface area contributed by atoms with Gasteiger partial charge in [-0.25, -0.2) is 0 Å². The first-order valence-corrected chi connectivity index (χ1v) is 8.12. The zero-order valence-corrected chi connectivity index (χ0v) is 15.6. The average molecular weight is 304 g/mol. The van der Waals surface area contributed by atoms with Crippen molar-refractivity contribution < 1.29 is 23.7 Å². The SMILES string of the molecule is Cc1cc(C)c(C(=O)[P-]c2c(C)cccc2C)c(C)c1C.[Li+]. The van der Waals surface area contributed by atoms with Crippen LogP contribution in [0.15, 0.2) is 24.3 Å². The fraction of sp³-hybridized carbons (Fsp3) is 0.316. The van der Waals surface area contributed by atoms with Gasteiger partial charge in [0, 0.05) is 5.52 Å². The fourth-order valence-electron chi connectivity index (χ4n) is 2.75. The van der Waals surface area contributed by atoms with E-state index in [2.05, 4.69) is 52.8 Å². The molecule has 0 heterocycles. The molecule has 0 bridgehead atoms. The van der Waals surface area contributed by atoms with Crippen molar-refractivity contribution in [1.29, 1.82) is 0 Å². The van der Waals surface area contributed by atoms with Gasteiger partial charge in [-0.2, -0.15) is 5.30 Å². The quantitative estimate of drug-likeness (QED) is 0.626. The summed E-state index contributed by atoms with van der Waals surface area (Å²) in [7, 11) is 0.777. The maximum absolute atomic E-state index is 12.8. The first kappa shape index (κ1) is 19.2. The van der Waals surface area contributed by atoms with Gasteiger partial charge < -0.3 is 13.4 Å². The van der Waals surface area contributed by atoms with Crippen molar-refractivity contribution in [3.63, 3.8) is 0 Å². The van der Waals surface area contributed by atoms with Crippen LogP contribution in [0.4, 0.5) is 0 Å². The van der Waals surface area contributed by atoms with Crippen LogP contribution >= 0.6 is 8.58 Å². The molecule has 2 aromatic rings. The topological polar surface area (TPSA) is 17.1 Å². The molecule has 0 aliphatic carbocycles. The van der Waals surface area contributed by atoms with Gasteiger partial charge in [0.15, 0.2) is 0 Å².